The van der Waals surface area contributed by atoms with Crippen LogP contribution >= 0.6 is 0 Å². The molecule has 2 amide bonds. The Balaban J connectivity index is 1.93. The lowest BCUT2D eigenvalue weighted by Gasteiger charge is -2.08. The number of hydrogen-bond acceptors (Lipinski definition) is 6. The zero-order valence-electron chi connectivity index (χ0n) is 13.9. The maximum Gasteiger partial charge on any atom is 0.329 e. The summed E-state index contributed by atoms with van der Waals surface area (Å²) in [6, 6.07) is 13.1. The highest BCUT2D eigenvalue weighted by molar-refractivity contribution is 6.34. The largest absolute Gasteiger partial charge is 0.545 e. The van der Waals surface area contributed by atoms with E-state index in [-0.39, 0.29) is 12.2 Å². The number of carbonyl (C=O) groups excluding carboxylic acids is 3. The van der Waals surface area contributed by atoms with Crippen LogP contribution in [0.5, 0.6) is 5.75 Å². The second kappa shape index (κ2) is 8.97. The Morgan fingerprint density at radius 1 is 1.12 bits per heavy atom. The first-order valence-electron chi connectivity index (χ1n) is 7.58. The summed E-state index contributed by atoms with van der Waals surface area (Å²) in [5.74, 6) is -2.32. The minimum absolute atomic E-state index is 0.103. The number of likely N-dealkylation sites (N-methyl/N-ethyl adjacent to an activating group) is 1. The molecule has 0 radical (unpaired) electrons. The van der Waals surface area contributed by atoms with E-state index in [1.807, 2.05) is 0 Å². The van der Waals surface area contributed by atoms with Crippen molar-refractivity contribution in [2.45, 2.75) is 6.61 Å². The lowest BCUT2D eigenvalue weighted by molar-refractivity contribution is -0.255. The minimum atomic E-state index is -1.23. The number of carboxylic acids is 1. The minimum Gasteiger partial charge on any atom is -0.545 e. The molecule has 0 saturated carbocycles. The lowest BCUT2D eigenvalue weighted by atomic mass is 10.1. The van der Waals surface area contributed by atoms with Crippen molar-refractivity contribution in [1.29, 1.82) is 0 Å². The van der Waals surface area contributed by atoms with Gasteiger partial charge in [-0.05, 0) is 28.8 Å². The molecule has 2 aromatic carbocycles. The van der Waals surface area contributed by atoms with Crippen LogP contribution in [0.25, 0.3) is 0 Å². The van der Waals surface area contributed by atoms with Crippen LogP contribution in [-0.2, 0) is 16.2 Å². The van der Waals surface area contributed by atoms with Crippen molar-refractivity contribution in [3.05, 3.63) is 65.2 Å². The normalized spacial score (nSPS) is 10.3. The highest BCUT2D eigenvalue weighted by Gasteiger charge is 2.08. The Labute approximate surface area is 149 Å². The molecule has 0 aliphatic heterocycles. The summed E-state index contributed by atoms with van der Waals surface area (Å²) in [4.78, 5) is 33.0. The Bertz CT molecular complexity index is 831. The van der Waals surface area contributed by atoms with Gasteiger partial charge in [0.05, 0.1) is 12.2 Å². The number of carbonyl (C=O) groups is 3. The number of nitrogens with one attached hydrogen (secondary N) is 2. The van der Waals surface area contributed by atoms with Crippen LogP contribution in [0, 0.1) is 0 Å². The zero-order chi connectivity index (χ0) is 18.9. The molecule has 0 aromatic heterocycles. The van der Waals surface area contributed by atoms with Crippen LogP contribution in [0.15, 0.2) is 53.6 Å². The number of amides is 2. The monoisotopic (exact) mass is 354 g/mol. The molecule has 2 rings (SSSR count). The highest BCUT2D eigenvalue weighted by atomic mass is 16.5. The number of hydrogen-bond donors (Lipinski definition) is 2. The van der Waals surface area contributed by atoms with Crippen LogP contribution in [0.1, 0.15) is 21.5 Å². The van der Waals surface area contributed by atoms with Gasteiger partial charge in [0.2, 0.25) is 0 Å². The van der Waals surface area contributed by atoms with Crippen LogP contribution < -0.4 is 20.6 Å². The van der Waals surface area contributed by atoms with Gasteiger partial charge >= 0.3 is 11.8 Å². The predicted molar refractivity (Wildman–Crippen MR) is 91.3 cm³/mol. The molecular formula is C18H16N3O5-. The first-order chi connectivity index (χ1) is 12.5. The van der Waals surface area contributed by atoms with E-state index in [4.69, 9.17) is 4.74 Å². The summed E-state index contributed by atoms with van der Waals surface area (Å²) in [6.07, 6.45) is 1.38. The molecule has 0 fully saturated rings. The van der Waals surface area contributed by atoms with Crippen molar-refractivity contribution >= 4 is 24.0 Å². The zero-order valence-corrected chi connectivity index (χ0v) is 13.9. The van der Waals surface area contributed by atoms with Crippen LogP contribution in [0.3, 0.4) is 0 Å². The molecule has 8 nitrogen and oxygen atoms in total. The Kier molecular flexibility index (Phi) is 6.44. The highest BCUT2D eigenvalue weighted by Crippen LogP contribution is 2.14. The van der Waals surface area contributed by atoms with Gasteiger partial charge in [0, 0.05) is 7.05 Å². The summed E-state index contributed by atoms with van der Waals surface area (Å²) in [7, 11) is 1.35. The number of carboxylic acid groups (broad SMARTS) is 1. The van der Waals surface area contributed by atoms with Gasteiger partial charge in [-0.1, -0.05) is 36.4 Å². The van der Waals surface area contributed by atoms with Gasteiger partial charge in [0.15, 0.2) is 0 Å². The van der Waals surface area contributed by atoms with Crippen molar-refractivity contribution in [2.75, 3.05) is 7.05 Å². The van der Waals surface area contributed by atoms with Crippen LogP contribution in [-0.4, -0.2) is 31.0 Å². The first-order valence-corrected chi connectivity index (χ1v) is 7.58. The summed E-state index contributed by atoms with van der Waals surface area (Å²) in [5, 5.41) is 16.6. The third kappa shape index (κ3) is 5.45. The standard InChI is InChI=1S/C18H17N3O5/c1-19-16(22)17(23)21-20-10-13-3-2-4-15(9-13)26-11-12-5-7-14(8-6-12)18(24)25/h2-10H,11H2,1H3,(H,19,22)(H,21,23)(H,24,25)/p-1/b20-10-. The fourth-order valence-electron chi connectivity index (χ4n) is 1.92. The van der Waals surface area contributed by atoms with E-state index in [2.05, 4.69) is 15.8 Å². The summed E-state index contributed by atoms with van der Waals surface area (Å²) in [6.45, 7) is 0.251. The Morgan fingerprint density at radius 2 is 1.85 bits per heavy atom. The fourth-order valence-corrected chi connectivity index (χ4v) is 1.92. The van der Waals surface area contributed by atoms with Crippen LogP contribution in [0.4, 0.5) is 0 Å². The van der Waals surface area contributed by atoms with Crippen molar-refractivity contribution in [1.82, 2.24) is 10.7 Å². The van der Waals surface area contributed by atoms with Crippen LogP contribution in [0.2, 0.25) is 0 Å². The van der Waals surface area contributed by atoms with Gasteiger partial charge in [0.1, 0.15) is 12.4 Å². The second-order valence-electron chi connectivity index (χ2n) is 5.12. The van der Waals surface area contributed by atoms with Crippen molar-refractivity contribution in [3.63, 3.8) is 0 Å². The van der Waals surface area contributed by atoms with E-state index in [0.717, 1.165) is 5.56 Å². The number of benzene rings is 2. The Hall–Kier alpha value is -3.68. The molecule has 0 spiro atoms. The van der Waals surface area contributed by atoms with Gasteiger partial charge in [-0.25, -0.2) is 5.43 Å². The smallest absolute Gasteiger partial charge is 0.329 e. The van der Waals surface area contributed by atoms with E-state index < -0.39 is 17.8 Å². The maximum atomic E-state index is 11.3. The SMILES string of the molecule is CNC(=O)C(=O)N/N=C\c1cccc(OCc2ccc(C(=O)[O-])cc2)c1. The lowest BCUT2D eigenvalue weighted by Crippen LogP contribution is -2.35. The quantitative estimate of drug-likeness (QED) is 0.424. The molecule has 0 aliphatic rings. The predicted octanol–water partition coefficient (Wildman–Crippen LogP) is -0.175. The van der Waals surface area contributed by atoms with Gasteiger partial charge in [-0.15, -0.1) is 0 Å². The van der Waals surface area contributed by atoms with E-state index in [9.17, 15) is 19.5 Å². The van der Waals surface area contributed by atoms with E-state index in [1.54, 1.807) is 36.4 Å². The van der Waals surface area contributed by atoms with Gasteiger partial charge in [-0.3, -0.25) is 9.59 Å². The van der Waals surface area contributed by atoms with Gasteiger partial charge < -0.3 is 20.0 Å². The molecular weight excluding hydrogens is 338 g/mol. The molecule has 0 unspecified atom stereocenters. The van der Waals surface area contributed by atoms with Gasteiger partial charge in [-0.2, -0.15) is 5.10 Å². The first kappa shape index (κ1) is 18.7. The number of rotatable bonds is 6. The molecule has 26 heavy (non-hydrogen) atoms. The maximum absolute atomic E-state index is 11.3. The molecule has 0 atom stereocenters. The Morgan fingerprint density at radius 3 is 2.50 bits per heavy atom. The molecule has 2 aromatic rings. The molecule has 0 saturated heterocycles. The van der Waals surface area contributed by atoms with Gasteiger partial charge in [0.25, 0.3) is 0 Å². The van der Waals surface area contributed by atoms with E-state index >= 15 is 0 Å². The molecule has 134 valence electrons. The average Bonchev–Trinajstić information content (AvgIpc) is 2.66. The summed E-state index contributed by atoms with van der Waals surface area (Å²) >= 11 is 0. The summed E-state index contributed by atoms with van der Waals surface area (Å²) in [5.41, 5.74) is 3.66. The molecule has 2 N–H and O–H groups in total. The molecule has 0 heterocycles. The van der Waals surface area contributed by atoms with E-state index in [1.165, 1.54) is 25.4 Å². The molecule has 8 heteroatoms. The van der Waals surface area contributed by atoms with Crippen molar-refractivity contribution in [2.24, 2.45) is 5.10 Å². The molecule has 0 aliphatic carbocycles. The van der Waals surface area contributed by atoms with E-state index in [0.29, 0.717) is 11.3 Å². The second-order valence-corrected chi connectivity index (χ2v) is 5.12. The van der Waals surface area contributed by atoms with Crippen molar-refractivity contribution in [3.8, 4) is 5.75 Å². The van der Waals surface area contributed by atoms with Crippen molar-refractivity contribution < 1.29 is 24.2 Å². The number of nitrogens with zero attached hydrogens (tertiary/aromatic N) is 1. The summed E-state index contributed by atoms with van der Waals surface area (Å²) < 4.78 is 5.64. The molecule has 0 bridgehead atoms. The fraction of sp³-hybridized carbons (Fsp3) is 0.111. The number of aromatic carboxylic acids is 1. The third-order valence-corrected chi connectivity index (χ3v) is 3.27. The number of hydrazone groups is 1. The number of ether oxygens (including phenoxy) is 1. The average molecular weight is 354 g/mol. The third-order valence-electron chi connectivity index (χ3n) is 3.27. The topological polar surface area (TPSA) is 120 Å².